The molecule has 4 heteroatoms. The number of benzene rings is 1. The lowest BCUT2D eigenvalue weighted by atomic mass is 9.65. The molecule has 1 aliphatic carbocycles. The second-order valence-corrected chi connectivity index (χ2v) is 6.24. The Bertz CT molecular complexity index is 496. The fourth-order valence-electron chi connectivity index (χ4n) is 3.77. The van der Waals surface area contributed by atoms with Crippen LogP contribution >= 0.6 is 0 Å². The van der Waals surface area contributed by atoms with Gasteiger partial charge in [0, 0.05) is 5.92 Å². The predicted octanol–water partition coefficient (Wildman–Crippen LogP) is 3.58. The highest BCUT2D eigenvalue weighted by molar-refractivity contribution is 5.72. The third-order valence-electron chi connectivity index (χ3n) is 4.92. The highest BCUT2D eigenvalue weighted by Gasteiger charge is 2.48. The zero-order valence-corrected chi connectivity index (χ0v) is 13.4. The molecule has 0 amide bonds. The van der Waals surface area contributed by atoms with Crippen molar-refractivity contribution in [2.75, 3.05) is 7.11 Å². The van der Waals surface area contributed by atoms with Crippen molar-refractivity contribution in [3.8, 4) is 5.75 Å². The fraction of sp³-hybridized carbons (Fsp3) is 0.611. The molecule has 0 radical (unpaired) electrons. The number of methoxy groups -OCH3 is 1. The van der Waals surface area contributed by atoms with E-state index in [9.17, 15) is 15.0 Å². The third kappa shape index (κ3) is 3.27. The molecule has 3 unspecified atom stereocenters. The van der Waals surface area contributed by atoms with E-state index in [0.717, 1.165) is 37.0 Å². The summed E-state index contributed by atoms with van der Waals surface area (Å²) in [5.41, 5.74) is -0.153. The maximum Gasteiger partial charge on any atom is 0.309 e. The smallest absolute Gasteiger partial charge is 0.309 e. The first-order chi connectivity index (χ1) is 10.5. The molecule has 2 rings (SSSR count). The van der Waals surface area contributed by atoms with Crippen molar-refractivity contribution in [2.24, 2.45) is 5.92 Å². The van der Waals surface area contributed by atoms with Crippen LogP contribution in [0.5, 0.6) is 5.75 Å². The van der Waals surface area contributed by atoms with Crippen LogP contribution in [-0.4, -0.2) is 28.9 Å². The summed E-state index contributed by atoms with van der Waals surface area (Å²) in [5.74, 6) is -0.944. The average Bonchev–Trinajstić information content (AvgIpc) is 2.52. The average molecular weight is 306 g/mol. The Balaban J connectivity index is 2.34. The topological polar surface area (TPSA) is 66.8 Å². The molecule has 1 fully saturated rings. The SMILES string of the molecule is CCCC(C(=O)O)C1(O)CCCCC1c1ccc(OC)cc1. The first-order valence-electron chi connectivity index (χ1n) is 8.12. The molecular weight excluding hydrogens is 280 g/mol. The van der Waals surface area contributed by atoms with Crippen molar-refractivity contribution in [3.63, 3.8) is 0 Å². The first kappa shape index (κ1) is 16.8. The lowest BCUT2D eigenvalue weighted by molar-refractivity contribution is -0.157. The van der Waals surface area contributed by atoms with Crippen LogP contribution in [0.1, 0.15) is 56.9 Å². The number of carboxylic acids is 1. The van der Waals surface area contributed by atoms with Gasteiger partial charge in [-0.25, -0.2) is 0 Å². The number of aliphatic hydroxyl groups is 1. The Morgan fingerprint density at radius 2 is 2.05 bits per heavy atom. The fourth-order valence-corrected chi connectivity index (χ4v) is 3.77. The molecule has 0 spiro atoms. The monoisotopic (exact) mass is 306 g/mol. The van der Waals surface area contributed by atoms with E-state index >= 15 is 0 Å². The Hall–Kier alpha value is -1.55. The predicted molar refractivity (Wildman–Crippen MR) is 85.2 cm³/mol. The summed E-state index contributed by atoms with van der Waals surface area (Å²) in [6.07, 6.45) is 4.57. The van der Waals surface area contributed by atoms with Crippen molar-refractivity contribution in [1.29, 1.82) is 0 Å². The van der Waals surface area contributed by atoms with E-state index in [1.807, 2.05) is 31.2 Å². The van der Waals surface area contributed by atoms with Crippen molar-refractivity contribution < 1.29 is 19.7 Å². The van der Waals surface area contributed by atoms with Crippen molar-refractivity contribution >= 4 is 5.97 Å². The summed E-state index contributed by atoms with van der Waals surface area (Å²) in [5, 5.41) is 20.8. The quantitative estimate of drug-likeness (QED) is 0.843. The number of carbonyl (C=O) groups is 1. The summed E-state index contributed by atoms with van der Waals surface area (Å²) < 4.78 is 5.18. The molecule has 4 nitrogen and oxygen atoms in total. The zero-order chi connectivity index (χ0) is 16.2. The summed E-state index contributed by atoms with van der Waals surface area (Å²) in [7, 11) is 1.62. The molecule has 22 heavy (non-hydrogen) atoms. The van der Waals surface area contributed by atoms with Crippen LogP contribution in [0.3, 0.4) is 0 Å². The van der Waals surface area contributed by atoms with Gasteiger partial charge in [0.05, 0.1) is 18.6 Å². The molecular formula is C18H26O4. The van der Waals surface area contributed by atoms with Crippen molar-refractivity contribution in [1.82, 2.24) is 0 Å². The lowest BCUT2D eigenvalue weighted by Crippen LogP contribution is -2.49. The third-order valence-corrected chi connectivity index (χ3v) is 4.92. The van der Waals surface area contributed by atoms with Crippen LogP contribution < -0.4 is 4.74 Å². The largest absolute Gasteiger partial charge is 0.497 e. The Labute approximate surface area is 132 Å². The molecule has 0 bridgehead atoms. The van der Waals surface area contributed by atoms with Crippen LogP contribution in [-0.2, 0) is 4.79 Å². The second kappa shape index (κ2) is 7.14. The Morgan fingerprint density at radius 3 is 2.59 bits per heavy atom. The van der Waals surface area contributed by atoms with Gasteiger partial charge < -0.3 is 14.9 Å². The molecule has 1 saturated carbocycles. The van der Waals surface area contributed by atoms with Gasteiger partial charge in [0.2, 0.25) is 0 Å². The lowest BCUT2D eigenvalue weighted by Gasteiger charge is -2.44. The minimum Gasteiger partial charge on any atom is -0.497 e. The number of hydrogen-bond acceptors (Lipinski definition) is 3. The summed E-state index contributed by atoms with van der Waals surface area (Å²) in [6.45, 7) is 1.96. The molecule has 1 aromatic carbocycles. The zero-order valence-electron chi connectivity index (χ0n) is 13.4. The Kier molecular flexibility index (Phi) is 5.46. The van der Waals surface area contributed by atoms with Crippen LogP contribution in [0.25, 0.3) is 0 Å². The van der Waals surface area contributed by atoms with Crippen molar-refractivity contribution in [3.05, 3.63) is 29.8 Å². The minimum atomic E-state index is -1.16. The van der Waals surface area contributed by atoms with Gasteiger partial charge in [-0.3, -0.25) is 4.79 Å². The van der Waals surface area contributed by atoms with E-state index in [1.165, 1.54) is 0 Å². The van der Waals surface area contributed by atoms with Gasteiger partial charge >= 0.3 is 5.97 Å². The van der Waals surface area contributed by atoms with E-state index in [0.29, 0.717) is 12.8 Å². The van der Waals surface area contributed by atoms with Gasteiger partial charge in [0.15, 0.2) is 0 Å². The van der Waals surface area contributed by atoms with E-state index in [2.05, 4.69) is 0 Å². The summed E-state index contributed by atoms with van der Waals surface area (Å²) in [4.78, 5) is 11.7. The van der Waals surface area contributed by atoms with Crippen LogP contribution in [0.15, 0.2) is 24.3 Å². The normalized spacial score (nSPS) is 26.4. The van der Waals surface area contributed by atoms with E-state index in [4.69, 9.17) is 4.74 Å². The molecule has 0 heterocycles. The van der Waals surface area contributed by atoms with Gasteiger partial charge in [-0.15, -0.1) is 0 Å². The van der Waals surface area contributed by atoms with E-state index in [-0.39, 0.29) is 5.92 Å². The van der Waals surface area contributed by atoms with Gasteiger partial charge in [0.25, 0.3) is 0 Å². The number of rotatable bonds is 6. The van der Waals surface area contributed by atoms with E-state index in [1.54, 1.807) is 7.11 Å². The first-order valence-corrected chi connectivity index (χ1v) is 8.12. The maximum atomic E-state index is 11.7. The van der Waals surface area contributed by atoms with Gasteiger partial charge in [-0.1, -0.05) is 38.3 Å². The molecule has 122 valence electrons. The van der Waals surface area contributed by atoms with Gasteiger partial charge in [-0.2, -0.15) is 0 Å². The number of ether oxygens (including phenoxy) is 1. The molecule has 0 aliphatic heterocycles. The van der Waals surface area contributed by atoms with Crippen molar-refractivity contribution in [2.45, 2.75) is 57.0 Å². The summed E-state index contributed by atoms with van der Waals surface area (Å²) in [6, 6.07) is 7.65. The van der Waals surface area contributed by atoms with Crippen LogP contribution in [0.2, 0.25) is 0 Å². The maximum absolute atomic E-state index is 11.7. The summed E-state index contributed by atoms with van der Waals surface area (Å²) >= 11 is 0. The minimum absolute atomic E-state index is 0.125. The molecule has 1 aliphatic rings. The van der Waals surface area contributed by atoms with Gasteiger partial charge in [0.1, 0.15) is 5.75 Å². The molecule has 0 aromatic heterocycles. The highest BCUT2D eigenvalue weighted by Crippen LogP contribution is 2.46. The van der Waals surface area contributed by atoms with Crippen LogP contribution in [0, 0.1) is 5.92 Å². The second-order valence-electron chi connectivity index (χ2n) is 6.24. The molecule has 1 aromatic rings. The molecule has 2 N–H and O–H groups in total. The standard InChI is InChI=1S/C18H26O4/c1-3-6-16(17(19)20)18(21)12-5-4-7-15(18)13-8-10-14(22-2)11-9-13/h8-11,15-16,21H,3-7,12H2,1-2H3,(H,19,20). The number of carboxylic acid groups (broad SMARTS) is 1. The number of hydrogen-bond donors (Lipinski definition) is 2. The van der Waals surface area contributed by atoms with E-state index < -0.39 is 17.5 Å². The Morgan fingerprint density at radius 1 is 1.36 bits per heavy atom. The molecule has 0 saturated heterocycles. The van der Waals surface area contributed by atoms with Gasteiger partial charge in [-0.05, 0) is 37.0 Å². The number of aliphatic carboxylic acids is 1. The van der Waals surface area contributed by atoms with Crippen LogP contribution in [0.4, 0.5) is 0 Å². The molecule has 3 atom stereocenters. The highest BCUT2D eigenvalue weighted by atomic mass is 16.5.